The Balaban J connectivity index is 1.57. The van der Waals surface area contributed by atoms with Crippen molar-refractivity contribution in [3.63, 3.8) is 0 Å². The largest absolute Gasteiger partial charge is 0.467 e. The first-order valence-corrected chi connectivity index (χ1v) is 6.01. The van der Waals surface area contributed by atoms with Crippen LogP contribution in [0.5, 0.6) is 0 Å². The van der Waals surface area contributed by atoms with Crippen LogP contribution in [0.15, 0.2) is 22.8 Å². The summed E-state index contributed by atoms with van der Waals surface area (Å²) in [5.74, 6) is 3.17. The summed E-state index contributed by atoms with van der Waals surface area (Å²) in [6.07, 6.45) is 5.25. The van der Waals surface area contributed by atoms with Crippen molar-refractivity contribution in [3.05, 3.63) is 24.2 Å². The molecular weight excluding hydrogens is 202 g/mol. The van der Waals surface area contributed by atoms with Gasteiger partial charge in [-0.25, -0.2) is 0 Å². The summed E-state index contributed by atoms with van der Waals surface area (Å²) in [7, 11) is 1.87. The van der Waals surface area contributed by atoms with Crippen LogP contribution >= 0.6 is 0 Å². The van der Waals surface area contributed by atoms with E-state index in [2.05, 4.69) is 0 Å². The van der Waals surface area contributed by atoms with Gasteiger partial charge in [0.05, 0.1) is 12.8 Å². The van der Waals surface area contributed by atoms with Crippen LogP contribution in [0, 0.1) is 17.8 Å². The van der Waals surface area contributed by atoms with Crippen molar-refractivity contribution in [1.82, 2.24) is 4.90 Å². The van der Waals surface area contributed by atoms with Crippen molar-refractivity contribution in [3.8, 4) is 0 Å². The lowest BCUT2D eigenvalue weighted by molar-refractivity contribution is -0.135. The lowest BCUT2D eigenvalue weighted by atomic mass is 10.0. The van der Waals surface area contributed by atoms with Crippen molar-refractivity contribution in [2.24, 2.45) is 17.8 Å². The molecule has 3 heteroatoms. The number of furan rings is 1. The van der Waals surface area contributed by atoms with Gasteiger partial charge in [-0.3, -0.25) is 4.79 Å². The van der Waals surface area contributed by atoms with E-state index in [0.29, 0.717) is 12.5 Å². The molecular formula is C13H17NO2. The van der Waals surface area contributed by atoms with Crippen molar-refractivity contribution in [1.29, 1.82) is 0 Å². The second-order valence-electron chi connectivity index (χ2n) is 5.20. The Morgan fingerprint density at radius 1 is 1.44 bits per heavy atom. The highest BCUT2D eigenvalue weighted by atomic mass is 16.3. The fourth-order valence-corrected chi connectivity index (χ4v) is 2.94. The number of amides is 1. The van der Waals surface area contributed by atoms with Gasteiger partial charge in [-0.05, 0) is 43.2 Å². The molecule has 1 heterocycles. The molecule has 2 aliphatic rings. The van der Waals surface area contributed by atoms with Crippen LogP contribution in [0.25, 0.3) is 0 Å². The maximum Gasteiger partial charge on any atom is 0.225 e. The molecule has 1 aromatic rings. The molecule has 0 N–H and O–H groups in total. The summed E-state index contributed by atoms with van der Waals surface area (Å²) in [6.45, 7) is 0.595. The Kier molecular flexibility index (Phi) is 2.27. The number of carbonyl (C=O) groups excluding carboxylic acids is 1. The molecule has 0 radical (unpaired) electrons. The van der Waals surface area contributed by atoms with Crippen molar-refractivity contribution < 1.29 is 9.21 Å². The average Bonchev–Trinajstić information content (AvgIpc) is 2.72. The van der Waals surface area contributed by atoms with Gasteiger partial charge < -0.3 is 9.32 Å². The Morgan fingerprint density at radius 3 is 2.81 bits per heavy atom. The first-order chi connectivity index (χ1) is 7.74. The monoisotopic (exact) mass is 219 g/mol. The normalized spacial score (nSPS) is 31.2. The van der Waals surface area contributed by atoms with E-state index in [0.717, 1.165) is 30.4 Å². The molecule has 0 spiro atoms. The molecule has 86 valence electrons. The van der Waals surface area contributed by atoms with Gasteiger partial charge in [-0.1, -0.05) is 0 Å². The first kappa shape index (κ1) is 9.94. The molecule has 3 nitrogen and oxygen atoms in total. The van der Waals surface area contributed by atoms with E-state index in [1.165, 1.54) is 6.42 Å². The zero-order valence-corrected chi connectivity index (χ0v) is 9.56. The van der Waals surface area contributed by atoms with Gasteiger partial charge in [0.25, 0.3) is 0 Å². The Labute approximate surface area is 95.4 Å². The van der Waals surface area contributed by atoms with E-state index >= 15 is 0 Å². The predicted octanol–water partition coefficient (Wildman–Crippen LogP) is 2.28. The summed E-state index contributed by atoms with van der Waals surface area (Å²) < 4.78 is 5.25. The fraction of sp³-hybridized carbons (Fsp3) is 0.615. The number of nitrogens with zero attached hydrogens (tertiary/aromatic N) is 1. The average molecular weight is 219 g/mol. The van der Waals surface area contributed by atoms with Crippen LogP contribution in [0.3, 0.4) is 0 Å². The third-order valence-electron chi connectivity index (χ3n) is 3.94. The van der Waals surface area contributed by atoms with Crippen LogP contribution < -0.4 is 0 Å². The Morgan fingerprint density at radius 2 is 2.19 bits per heavy atom. The zero-order chi connectivity index (χ0) is 11.1. The van der Waals surface area contributed by atoms with Crippen LogP contribution in [-0.4, -0.2) is 17.9 Å². The molecule has 1 amide bonds. The smallest absolute Gasteiger partial charge is 0.225 e. The van der Waals surface area contributed by atoms with Crippen LogP contribution in [-0.2, 0) is 11.3 Å². The highest BCUT2D eigenvalue weighted by molar-refractivity contribution is 5.79. The third kappa shape index (κ3) is 1.75. The van der Waals surface area contributed by atoms with Gasteiger partial charge in [-0.15, -0.1) is 0 Å². The zero-order valence-electron chi connectivity index (χ0n) is 9.56. The fourth-order valence-electron chi connectivity index (χ4n) is 2.94. The van der Waals surface area contributed by atoms with Gasteiger partial charge in [0.15, 0.2) is 0 Å². The topological polar surface area (TPSA) is 33.5 Å². The van der Waals surface area contributed by atoms with Crippen LogP contribution in [0.2, 0.25) is 0 Å². The van der Waals surface area contributed by atoms with E-state index in [1.54, 1.807) is 11.2 Å². The van der Waals surface area contributed by atoms with Crippen LogP contribution in [0.1, 0.15) is 25.0 Å². The summed E-state index contributed by atoms with van der Waals surface area (Å²) in [5, 5.41) is 0. The predicted molar refractivity (Wildman–Crippen MR) is 59.5 cm³/mol. The van der Waals surface area contributed by atoms with Crippen molar-refractivity contribution in [2.45, 2.75) is 25.8 Å². The molecule has 2 unspecified atom stereocenters. The lowest BCUT2D eigenvalue weighted by Crippen LogP contribution is -2.31. The minimum atomic E-state index is 0.281. The summed E-state index contributed by atoms with van der Waals surface area (Å²) >= 11 is 0. The second kappa shape index (κ2) is 3.65. The number of rotatable bonds is 3. The highest BCUT2D eigenvalue weighted by Crippen LogP contribution is 2.54. The molecule has 1 aromatic heterocycles. The quantitative estimate of drug-likeness (QED) is 0.781. The molecule has 16 heavy (non-hydrogen) atoms. The molecule has 2 fully saturated rings. The Hall–Kier alpha value is -1.25. The highest BCUT2D eigenvalue weighted by Gasteiger charge is 2.48. The minimum Gasteiger partial charge on any atom is -0.467 e. The van der Waals surface area contributed by atoms with Gasteiger partial charge in [0.2, 0.25) is 5.91 Å². The maximum absolute atomic E-state index is 12.1. The van der Waals surface area contributed by atoms with Gasteiger partial charge >= 0.3 is 0 Å². The van der Waals surface area contributed by atoms with E-state index in [1.807, 2.05) is 19.2 Å². The molecule has 0 saturated heterocycles. The first-order valence-electron chi connectivity index (χ1n) is 6.01. The SMILES string of the molecule is CN(Cc1ccco1)C(=O)C1CC2CC2C1. The summed E-state index contributed by atoms with van der Waals surface area (Å²) in [6, 6.07) is 3.77. The van der Waals surface area contributed by atoms with E-state index in [9.17, 15) is 4.79 Å². The minimum absolute atomic E-state index is 0.281. The second-order valence-corrected chi connectivity index (χ2v) is 5.20. The van der Waals surface area contributed by atoms with Crippen LogP contribution in [0.4, 0.5) is 0 Å². The third-order valence-corrected chi connectivity index (χ3v) is 3.94. The van der Waals surface area contributed by atoms with Gasteiger partial charge in [0.1, 0.15) is 5.76 Å². The van der Waals surface area contributed by atoms with Crippen molar-refractivity contribution >= 4 is 5.91 Å². The molecule has 2 aliphatic carbocycles. The van der Waals surface area contributed by atoms with Crippen molar-refractivity contribution in [2.75, 3.05) is 7.05 Å². The number of hydrogen-bond acceptors (Lipinski definition) is 2. The summed E-state index contributed by atoms with van der Waals surface area (Å²) in [4.78, 5) is 13.9. The standard InChI is InChI=1S/C13H17NO2/c1-14(8-12-3-2-4-16-12)13(15)11-6-9-5-10(9)7-11/h2-4,9-11H,5-8H2,1H3. The van der Waals surface area contributed by atoms with E-state index < -0.39 is 0 Å². The molecule has 2 atom stereocenters. The van der Waals surface area contributed by atoms with Gasteiger partial charge in [0, 0.05) is 13.0 Å². The maximum atomic E-state index is 12.1. The Bertz CT molecular complexity index is 375. The number of fused-ring (bicyclic) bond motifs is 1. The summed E-state index contributed by atoms with van der Waals surface area (Å²) in [5.41, 5.74) is 0. The lowest BCUT2D eigenvalue weighted by Gasteiger charge is -2.20. The molecule has 2 saturated carbocycles. The molecule has 0 aromatic carbocycles. The van der Waals surface area contributed by atoms with E-state index in [-0.39, 0.29) is 5.92 Å². The number of carbonyl (C=O) groups is 1. The number of hydrogen-bond donors (Lipinski definition) is 0. The van der Waals surface area contributed by atoms with E-state index in [4.69, 9.17) is 4.42 Å². The molecule has 3 rings (SSSR count). The van der Waals surface area contributed by atoms with Gasteiger partial charge in [-0.2, -0.15) is 0 Å². The molecule has 0 aliphatic heterocycles. The molecule has 0 bridgehead atoms.